The fourth-order valence-corrected chi connectivity index (χ4v) is 2.54. The lowest BCUT2D eigenvalue weighted by molar-refractivity contribution is -0.138. The number of benzene rings is 1. The fraction of sp³-hybridized carbons (Fsp3) is 0.214. The van der Waals surface area contributed by atoms with Crippen LogP contribution in [-0.4, -0.2) is 25.8 Å². The maximum Gasteiger partial charge on any atom is 0.319 e. The van der Waals surface area contributed by atoms with E-state index in [-0.39, 0.29) is 0 Å². The van der Waals surface area contributed by atoms with Crippen LogP contribution in [0.5, 0.6) is 0 Å². The minimum atomic E-state index is -0.922. The third kappa shape index (κ3) is 3.12. The van der Waals surface area contributed by atoms with E-state index < -0.39 is 10.7 Å². The van der Waals surface area contributed by atoms with Gasteiger partial charge in [0.2, 0.25) is 0 Å². The van der Waals surface area contributed by atoms with Crippen molar-refractivity contribution in [3.63, 3.8) is 0 Å². The lowest BCUT2D eigenvalue weighted by atomic mass is 10.1. The summed E-state index contributed by atoms with van der Waals surface area (Å²) in [7, 11) is 0. The Hall–Kier alpha value is -1.88. The Labute approximate surface area is 115 Å². The van der Waals surface area contributed by atoms with E-state index in [4.69, 9.17) is 0 Å². The normalized spacial score (nSPS) is 11.3. The van der Waals surface area contributed by atoms with Crippen LogP contribution in [0.25, 0.3) is 11.3 Å². The highest BCUT2D eigenvalue weighted by Crippen LogP contribution is 2.37. The number of carbonyl (C=O) groups is 1. The minimum Gasteiger partial charge on any atom is -0.480 e. The summed E-state index contributed by atoms with van der Waals surface area (Å²) in [5.41, 5.74) is 1.71. The molecule has 0 aliphatic heterocycles. The van der Waals surface area contributed by atoms with Gasteiger partial charge in [-0.3, -0.25) is 4.79 Å². The number of carboxylic acid groups (broad SMARTS) is 1. The number of nitrogens with zero attached hydrogens (tertiary/aromatic N) is 2. The molecule has 98 valence electrons. The molecule has 0 atom stereocenters. The van der Waals surface area contributed by atoms with Crippen molar-refractivity contribution < 1.29 is 9.90 Å². The summed E-state index contributed by atoms with van der Waals surface area (Å²) in [4.78, 5) is 20.2. The summed E-state index contributed by atoms with van der Waals surface area (Å²) in [6.45, 7) is 3.34. The molecule has 1 aromatic carbocycles. The number of rotatable bonds is 4. The van der Waals surface area contributed by atoms with Gasteiger partial charge in [0.25, 0.3) is 0 Å². The van der Waals surface area contributed by atoms with Crippen LogP contribution in [0, 0.1) is 0 Å². The van der Waals surface area contributed by atoms with Gasteiger partial charge in [-0.2, -0.15) is 0 Å². The summed E-state index contributed by atoms with van der Waals surface area (Å²) < 4.78 is -0.922. The fourth-order valence-electron chi connectivity index (χ4n) is 1.52. The first kappa shape index (κ1) is 13.5. The van der Waals surface area contributed by atoms with Crippen molar-refractivity contribution in [1.82, 2.24) is 9.97 Å². The summed E-state index contributed by atoms with van der Waals surface area (Å²) in [6.07, 6.45) is 3.13. The van der Waals surface area contributed by atoms with Crippen molar-refractivity contribution in [2.75, 3.05) is 0 Å². The number of hydrogen-bond acceptors (Lipinski definition) is 4. The van der Waals surface area contributed by atoms with Gasteiger partial charge in [0.05, 0.1) is 10.6 Å². The summed E-state index contributed by atoms with van der Waals surface area (Å²) in [6, 6.07) is 9.67. The van der Waals surface area contributed by atoms with Crippen molar-refractivity contribution in [1.29, 1.82) is 0 Å². The summed E-state index contributed by atoms with van der Waals surface area (Å²) in [5.74, 6) is -0.861. The molecule has 0 aliphatic carbocycles. The lowest BCUT2D eigenvalue weighted by Gasteiger charge is -2.19. The number of hydrogen-bond donors (Lipinski definition) is 1. The van der Waals surface area contributed by atoms with Crippen LogP contribution in [0.4, 0.5) is 0 Å². The topological polar surface area (TPSA) is 63.1 Å². The second kappa shape index (κ2) is 5.40. The SMILES string of the molecule is CC(C)(Sc1cncnc1-c1ccccc1)C(=O)O. The largest absolute Gasteiger partial charge is 0.480 e. The van der Waals surface area contributed by atoms with Crippen LogP contribution in [-0.2, 0) is 4.79 Å². The van der Waals surface area contributed by atoms with E-state index >= 15 is 0 Å². The molecule has 0 bridgehead atoms. The van der Waals surface area contributed by atoms with Crippen LogP contribution < -0.4 is 0 Å². The number of thioether (sulfide) groups is 1. The van der Waals surface area contributed by atoms with Crippen LogP contribution in [0.3, 0.4) is 0 Å². The first-order valence-corrected chi connectivity index (χ1v) is 6.60. The lowest BCUT2D eigenvalue weighted by Crippen LogP contribution is -2.27. The Balaban J connectivity index is 2.40. The highest BCUT2D eigenvalue weighted by Gasteiger charge is 2.29. The molecule has 1 heterocycles. The van der Waals surface area contributed by atoms with E-state index in [1.807, 2.05) is 30.3 Å². The molecule has 0 radical (unpaired) electrons. The minimum absolute atomic E-state index is 0.759. The van der Waals surface area contributed by atoms with E-state index in [1.54, 1.807) is 20.0 Å². The molecular formula is C14H14N2O2S. The molecule has 0 aliphatic rings. The van der Waals surface area contributed by atoms with Gasteiger partial charge in [-0.05, 0) is 13.8 Å². The number of aliphatic carboxylic acids is 1. The standard InChI is InChI=1S/C14H14N2O2S/c1-14(2,13(17)18)19-11-8-15-9-16-12(11)10-6-4-3-5-7-10/h3-9H,1-2H3,(H,17,18). The van der Waals surface area contributed by atoms with E-state index in [1.165, 1.54) is 18.1 Å². The molecular weight excluding hydrogens is 260 g/mol. The predicted molar refractivity (Wildman–Crippen MR) is 75.0 cm³/mol. The number of aromatic nitrogens is 2. The highest BCUT2D eigenvalue weighted by atomic mass is 32.2. The van der Waals surface area contributed by atoms with E-state index in [0.717, 1.165) is 16.2 Å². The summed E-state index contributed by atoms with van der Waals surface area (Å²) >= 11 is 1.25. The van der Waals surface area contributed by atoms with Crippen LogP contribution >= 0.6 is 11.8 Å². The van der Waals surface area contributed by atoms with Gasteiger partial charge in [-0.25, -0.2) is 9.97 Å². The molecule has 1 N–H and O–H groups in total. The Morgan fingerprint density at radius 1 is 1.26 bits per heavy atom. The van der Waals surface area contributed by atoms with Gasteiger partial charge >= 0.3 is 5.97 Å². The molecule has 0 spiro atoms. The van der Waals surface area contributed by atoms with Crippen molar-refractivity contribution in [2.24, 2.45) is 0 Å². The Kier molecular flexibility index (Phi) is 3.85. The third-order valence-corrected chi connectivity index (χ3v) is 3.81. The predicted octanol–water partition coefficient (Wildman–Crippen LogP) is 3.10. The second-order valence-corrected chi connectivity index (χ2v) is 6.18. The van der Waals surface area contributed by atoms with Crippen LogP contribution in [0.1, 0.15) is 13.8 Å². The smallest absolute Gasteiger partial charge is 0.319 e. The average molecular weight is 274 g/mol. The Bertz CT molecular complexity index is 585. The zero-order valence-electron chi connectivity index (χ0n) is 10.7. The Morgan fingerprint density at radius 2 is 1.95 bits per heavy atom. The molecule has 0 fully saturated rings. The van der Waals surface area contributed by atoms with Gasteiger partial charge in [-0.1, -0.05) is 30.3 Å². The van der Waals surface area contributed by atoms with Crippen molar-refractivity contribution >= 4 is 17.7 Å². The molecule has 2 rings (SSSR count). The van der Waals surface area contributed by atoms with E-state index in [0.29, 0.717) is 0 Å². The zero-order valence-corrected chi connectivity index (χ0v) is 11.5. The van der Waals surface area contributed by atoms with Crippen LogP contribution in [0.15, 0.2) is 47.8 Å². The monoisotopic (exact) mass is 274 g/mol. The molecule has 0 saturated heterocycles. The highest BCUT2D eigenvalue weighted by molar-refractivity contribution is 8.01. The molecule has 0 saturated carbocycles. The third-order valence-electron chi connectivity index (χ3n) is 2.61. The van der Waals surface area contributed by atoms with Crippen molar-refractivity contribution in [3.8, 4) is 11.3 Å². The maximum atomic E-state index is 11.2. The quantitative estimate of drug-likeness (QED) is 0.868. The second-order valence-electron chi connectivity index (χ2n) is 4.52. The van der Waals surface area contributed by atoms with Crippen LogP contribution in [0.2, 0.25) is 0 Å². The molecule has 0 amide bonds. The molecule has 19 heavy (non-hydrogen) atoms. The van der Waals surface area contributed by atoms with Gasteiger partial charge in [-0.15, -0.1) is 11.8 Å². The van der Waals surface area contributed by atoms with Gasteiger partial charge in [0, 0.05) is 11.8 Å². The van der Waals surface area contributed by atoms with E-state index in [2.05, 4.69) is 9.97 Å². The molecule has 1 aromatic heterocycles. The van der Waals surface area contributed by atoms with Gasteiger partial charge < -0.3 is 5.11 Å². The zero-order chi connectivity index (χ0) is 13.9. The molecule has 2 aromatic rings. The van der Waals surface area contributed by atoms with Gasteiger partial charge in [0.1, 0.15) is 11.1 Å². The molecule has 0 unspecified atom stereocenters. The average Bonchev–Trinajstić information content (AvgIpc) is 2.40. The Morgan fingerprint density at radius 3 is 2.58 bits per heavy atom. The molecule has 5 heteroatoms. The first-order chi connectivity index (χ1) is 9.00. The van der Waals surface area contributed by atoms with Crippen molar-refractivity contribution in [3.05, 3.63) is 42.9 Å². The van der Waals surface area contributed by atoms with E-state index in [9.17, 15) is 9.90 Å². The first-order valence-electron chi connectivity index (χ1n) is 5.78. The van der Waals surface area contributed by atoms with Crippen molar-refractivity contribution in [2.45, 2.75) is 23.5 Å². The molecule has 4 nitrogen and oxygen atoms in total. The summed E-state index contributed by atoms with van der Waals surface area (Å²) in [5, 5.41) is 9.20. The van der Waals surface area contributed by atoms with Gasteiger partial charge in [0.15, 0.2) is 0 Å². The number of carboxylic acids is 1. The maximum absolute atomic E-state index is 11.2.